The molecular weight excluding hydrogens is 324 g/mol. The van der Waals surface area contributed by atoms with Gasteiger partial charge in [-0.05, 0) is 27.7 Å². The molecule has 0 aliphatic heterocycles. The van der Waals surface area contributed by atoms with Gasteiger partial charge in [0.1, 0.15) is 0 Å². The third-order valence-corrected chi connectivity index (χ3v) is 1.30. The summed E-state index contributed by atoms with van der Waals surface area (Å²) in [6.45, 7) is 13.3. The van der Waals surface area contributed by atoms with Crippen LogP contribution in [0.5, 0.6) is 0 Å². The van der Waals surface area contributed by atoms with Crippen LogP contribution in [0.1, 0.15) is 27.7 Å². The van der Waals surface area contributed by atoms with E-state index in [1.54, 1.807) is 13.8 Å². The topological polar surface area (TPSA) is 179 Å². The van der Waals surface area contributed by atoms with E-state index in [-0.39, 0.29) is 11.1 Å². The summed E-state index contributed by atoms with van der Waals surface area (Å²) in [5, 5.41) is 15.8. The minimum absolute atomic E-state index is 0.176. The van der Waals surface area contributed by atoms with E-state index >= 15 is 0 Å². The monoisotopic (exact) mass is 350 g/mol. The van der Waals surface area contributed by atoms with Crippen molar-refractivity contribution in [3.63, 3.8) is 0 Å². The van der Waals surface area contributed by atoms with Crippen LogP contribution < -0.4 is 11.5 Å². The van der Waals surface area contributed by atoms with E-state index in [0.717, 1.165) is 0 Å². The highest BCUT2D eigenvalue weighted by molar-refractivity contribution is 5.85. The summed E-state index contributed by atoms with van der Waals surface area (Å²) >= 11 is 0. The van der Waals surface area contributed by atoms with Crippen LogP contribution in [0.2, 0.25) is 0 Å². The number of hydrogen-bond acceptors (Lipinski definition) is 6. The van der Waals surface area contributed by atoms with E-state index in [4.69, 9.17) is 10.2 Å². The van der Waals surface area contributed by atoms with E-state index < -0.39 is 24.1 Å². The minimum atomic E-state index is -0.935. The first kappa shape index (κ1) is 29.0. The van der Waals surface area contributed by atoms with Crippen LogP contribution in [0.15, 0.2) is 24.3 Å². The maximum Gasteiger partial charge on any atom is 0.404 e. The zero-order chi connectivity index (χ0) is 20.3. The van der Waals surface area contributed by atoms with E-state index in [0.29, 0.717) is 13.2 Å². The van der Waals surface area contributed by atoms with Crippen molar-refractivity contribution in [1.29, 1.82) is 0 Å². The van der Waals surface area contributed by atoms with Gasteiger partial charge >= 0.3 is 24.1 Å². The predicted octanol–water partition coefficient (Wildman–Crippen LogP) is 1.50. The lowest BCUT2D eigenvalue weighted by molar-refractivity contribution is -0.133. The fourth-order valence-electron chi connectivity index (χ4n) is 0.285. The highest BCUT2D eigenvalue weighted by Crippen LogP contribution is 1.81. The van der Waals surface area contributed by atoms with Crippen LogP contribution in [0.4, 0.5) is 9.59 Å². The van der Waals surface area contributed by atoms with Crippen LogP contribution in [0, 0.1) is 0 Å². The molecule has 0 aromatic carbocycles. The first-order chi connectivity index (χ1) is 10.8. The summed E-state index contributed by atoms with van der Waals surface area (Å²) in [7, 11) is 0. The Labute approximate surface area is 140 Å². The molecule has 0 atom stereocenters. The number of hydrogen-bond donors (Lipinski definition) is 4. The molecule has 0 aromatic heterocycles. The van der Waals surface area contributed by atoms with Gasteiger partial charge in [0.15, 0.2) is 0 Å². The van der Waals surface area contributed by atoms with Crippen LogP contribution >= 0.6 is 0 Å². The SMILES string of the molecule is C=C(C)C(=O)O.C=C(C)C(=O)O.CCOC(N)=O.CCOC(N)=O. The quantitative estimate of drug-likeness (QED) is 0.550. The lowest BCUT2D eigenvalue weighted by Gasteiger charge is -1.89. The van der Waals surface area contributed by atoms with Gasteiger partial charge in [-0.1, -0.05) is 13.2 Å². The number of carbonyl (C=O) groups excluding carboxylic acids is 2. The second kappa shape index (κ2) is 20.0. The Balaban J connectivity index is -0.000000111. The molecule has 24 heavy (non-hydrogen) atoms. The van der Waals surface area contributed by atoms with E-state index in [9.17, 15) is 19.2 Å². The summed E-state index contributed by atoms with van der Waals surface area (Å²) in [6, 6.07) is 0. The number of ether oxygens (including phenoxy) is 2. The zero-order valence-corrected chi connectivity index (χ0v) is 14.3. The number of nitrogens with two attached hydrogens (primary N) is 2. The van der Waals surface area contributed by atoms with Crippen molar-refractivity contribution < 1.29 is 38.9 Å². The smallest absolute Gasteiger partial charge is 0.404 e. The highest BCUT2D eigenvalue weighted by atomic mass is 16.5. The van der Waals surface area contributed by atoms with Gasteiger partial charge < -0.3 is 31.2 Å². The van der Waals surface area contributed by atoms with E-state index in [1.807, 2.05) is 0 Å². The summed E-state index contributed by atoms with van der Waals surface area (Å²) in [4.78, 5) is 38.4. The number of carboxylic acid groups (broad SMARTS) is 2. The molecule has 0 spiro atoms. The van der Waals surface area contributed by atoms with Crippen molar-refractivity contribution in [3.05, 3.63) is 24.3 Å². The summed E-state index contributed by atoms with van der Waals surface area (Å²) in [5.74, 6) is -1.87. The Bertz CT molecular complexity index is 368. The second-order valence-electron chi connectivity index (χ2n) is 3.68. The number of carboxylic acids is 2. The Kier molecular flexibility index (Phi) is 24.1. The Morgan fingerprint density at radius 2 is 0.958 bits per heavy atom. The van der Waals surface area contributed by atoms with Crippen molar-refractivity contribution >= 4 is 24.1 Å². The Morgan fingerprint density at radius 3 is 0.958 bits per heavy atom. The first-order valence-corrected chi connectivity index (χ1v) is 6.45. The predicted molar refractivity (Wildman–Crippen MR) is 87.3 cm³/mol. The summed E-state index contributed by atoms with van der Waals surface area (Å²) in [6.07, 6.45) is -1.42. The molecule has 0 radical (unpaired) electrons. The molecule has 140 valence electrons. The Hall–Kier alpha value is -3.04. The van der Waals surface area contributed by atoms with Crippen molar-refractivity contribution in [2.45, 2.75) is 27.7 Å². The van der Waals surface area contributed by atoms with Gasteiger partial charge in [-0.25, -0.2) is 19.2 Å². The molecule has 0 aliphatic rings. The third-order valence-electron chi connectivity index (χ3n) is 1.30. The van der Waals surface area contributed by atoms with Gasteiger partial charge in [-0.2, -0.15) is 0 Å². The molecule has 10 nitrogen and oxygen atoms in total. The van der Waals surface area contributed by atoms with Crippen LogP contribution in [0.3, 0.4) is 0 Å². The molecule has 0 rings (SSSR count). The van der Waals surface area contributed by atoms with Gasteiger partial charge in [0.25, 0.3) is 0 Å². The first-order valence-electron chi connectivity index (χ1n) is 6.45. The van der Waals surface area contributed by atoms with Crippen molar-refractivity contribution in [2.24, 2.45) is 11.5 Å². The van der Waals surface area contributed by atoms with Gasteiger partial charge in [-0.3, -0.25) is 0 Å². The maximum atomic E-state index is 9.60. The van der Waals surface area contributed by atoms with Gasteiger partial charge in [0.05, 0.1) is 13.2 Å². The molecule has 0 fully saturated rings. The molecule has 0 unspecified atom stereocenters. The van der Waals surface area contributed by atoms with Gasteiger partial charge in [0.2, 0.25) is 0 Å². The summed E-state index contributed by atoms with van der Waals surface area (Å²) in [5.41, 5.74) is 9.44. The average Bonchev–Trinajstić information content (AvgIpc) is 2.40. The molecule has 2 amide bonds. The van der Waals surface area contributed by atoms with Crippen LogP contribution in [-0.4, -0.2) is 47.6 Å². The molecule has 6 N–H and O–H groups in total. The number of carbonyl (C=O) groups is 4. The summed E-state index contributed by atoms with van der Waals surface area (Å²) < 4.78 is 8.36. The molecule has 0 aliphatic carbocycles. The second-order valence-corrected chi connectivity index (χ2v) is 3.68. The highest BCUT2D eigenvalue weighted by Gasteiger charge is 1.90. The third kappa shape index (κ3) is 50.9. The molecule has 0 heterocycles. The van der Waals surface area contributed by atoms with Crippen LogP contribution in [0.25, 0.3) is 0 Å². The largest absolute Gasteiger partial charge is 0.478 e. The normalized spacial score (nSPS) is 7.50. The lowest BCUT2D eigenvalue weighted by Crippen LogP contribution is -2.11. The van der Waals surface area contributed by atoms with E-state index in [2.05, 4.69) is 34.1 Å². The van der Waals surface area contributed by atoms with Crippen molar-refractivity contribution in [1.82, 2.24) is 0 Å². The number of rotatable bonds is 4. The number of primary amides is 2. The lowest BCUT2D eigenvalue weighted by atomic mass is 10.4. The number of amides is 2. The van der Waals surface area contributed by atoms with Crippen molar-refractivity contribution in [2.75, 3.05) is 13.2 Å². The fraction of sp³-hybridized carbons (Fsp3) is 0.429. The standard InChI is InChI=1S/2C4H6O2.2C3H7NO2/c2*1-3(2)4(5)6;2*1-2-6-3(4)5/h2*1H2,2H3,(H,5,6);2*2H2,1H3,(H2,4,5). The van der Waals surface area contributed by atoms with Gasteiger partial charge in [0, 0.05) is 11.1 Å². The fourth-order valence-corrected chi connectivity index (χ4v) is 0.285. The molecular formula is C14H26N2O8. The average molecular weight is 350 g/mol. The molecule has 0 bridgehead atoms. The molecule has 10 heteroatoms. The molecule has 0 aromatic rings. The number of aliphatic carboxylic acids is 2. The van der Waals surface area contributed by atoms with E-state index in [1.165, 1.54) is 13.8 Å². The van der Waals surface area contributed by atoms with Crippen molar-refractivity contribution in [3.8, 4) is 0 Å². The Morgan fingerprint density at radius 1 is 0.792 bits per heavy atom. The van der Waals surface area contributed by atoms with Crippen LogP contribution in [-0.2, 0) is 19.1 Å². The minimum Gasteiger partial charge on any atom is -0.478 e. The van der Waals surface area contributed by atoms with Gasteiger partial charge in [-0.15, -0.1) is 0 Å². The molecule has 0 saturated carbocycles. The zero-order valence-electron chi connectivity index (χ0n) is 14.3. The maximum absolute atomic E-state index is 9.60. The molecule has 0 saturated heterocycles.